The van der Waals surface area contributed by atoms with Gasteiger partial charge in [0.2, 0.25) is 5.95 Å². The first-order chi connectivity index (χ1) is 18.5. The summed E-state index contributed by atoms with van der Waals surface area (Å²) in [4.78, 5) is 34.8. The molecule has 0 atom stereocenters. The normalized spacial score (nSPS) is 10.9. The molecule has 9 heteroatoms. The lowest BCUT2D eigenvalue weighted by Crippen LogP contribution is -2.23. The number of hydrogen-bond donors (Lipinski definition) is 2. The SMILES string of the molecule is COc1ccccc1CCNc1nc(C)c2ccc(=O)n(-c3ccc(C(=O)NCc4ccco4)cc3)c2n1. The van der Waals surface area contributed by atoms with Gasteiger partial charge in [-0.3, -0.25) is 14.2 Å². The summed E-state index contributed by atoms with van der Waals surface area (Å²) in [5, 5.41) is 6.85. The highest BCUT2D eigenvalue weighted by Crippen LogP contribution is 2.21. The van der Waals surface area contributed by atoms with Crippen LogP contribution >= 0.6 is 0 Å². The summed E-state index contributed by atoms with van der Waals surface area (Å²) in [6, 6.07) is 21.5. The van der Waals surface area contributed by atoms with E-state index in [0.29, 0.717) is 41.7 Å². The first kappa shape index (κ1) is 24.8. The molecule has 0 bridgehead atoms. The Morgan fingerprint density at radius 2 is 1.82 bits per heavy atom. The number of para-hydroxylation sites is 1. The van der Waals surface area contributed by atoms with Crippen LogP contribution < -0.4 is 20.9 Å². The van der Waals surface area contributed by atoms with Gasteiger partial charge in [-0.25, -0.2) is 4.98 Å². The average molecular weight is 510 g/mol. The van der Waals surface area contributed by atoms with Gasteiger partial charge >= 0.3 is 0 Å². The van der Waals surface area contributed by atoms with Crippen molar-refractivity contribution >= 4 is 22.9 Å². The Balaban J connectivity index is 1.38. The van der Waals surface area contributed by atoms with Gasteiger partial charge < -0.3 is 19.8 Å². The third-order valence-corrected chi connectivity index (χ3v) is 6.20. The molecule has 0 saturated carbocycles. The Labute approximate surface area is 219 Å². The number of fused-ring (bicyclic) bond motifs is 1. The second kappa shape index (κ2) is 11.0. The minimum Gasteiger partial charge on any atom is -0.496 e. The van der Waals surface area contributed by atoms with E-state index in [1.165, 1.54) is 10.6 Å². The lowest BCUT2D eigenvalue weighted by molar-refractivity contribution is 0.0948. The fourth-order valence-corrected chi connectivity index (χ4v) is 4.26. The monoisotopic (exact) mass is 509 g/mol. The topological polar surface area (TPSA) is 111 Å². The zero-order valence-electron chi connectivity index (χ0n) is 21.1. The van der Waals surface area contributed by atoms with Crippen molar-refractivity contribution in [3.05, 3.63) is 112 Å². The van der Waals surface area contributed by atoms with Crippen molar-refractivity contribution < 1.29 is 13.9 Å². The number of nitrogens with one attached hydrogen (secondary N) is 2. The highest BCUT2D eigenvalue weighted by Gasteiger charge is 2.13. The quantitative estimate of drug-likeness (QED) is 0.305. The van der Waals surface area contributed by atoms with E-state index in [1.54, 1.807) is 55.8 Å². The van der Waals surface area contributed by atoms with Crippen molar-refractivity contribution in [1.82, 2.24) is 19.9 Å². The van der Waals surface area contributed by atoms with Crippen LogP contribution in [0.3, 0.4) is 0 Å². The van der Waals surface area contributed by atoms with E-state index in [0.717, 1.165) is 28.8 Å². The average Bonchev–Trinajstić information content (AvgIpc) is 3.46. The van der Waals surface area contributed by atoms with Gasteiger partial charge in [0.25, 0.3) is 11.5 Å². The molecule has 5 rings (SSSR count). The maximum atomic E-state index is 13.0. The van der Waals surface area contributed by atoms with E-state index in [1.807, 2.05) is 31.2 Å². The number of amides is 1. The number of rotatable bonds is 9. The molecule has 3 aromatic heterocycles. The third kappa shape index (κ3) is 5.27. The number of benzene rings is 2. The van der Waals surface area contributed by atoms with Crippen LogP contribution in [0, 0.1) is 6.92 Å². The van der Waals surface area contributed by atoms with Crippen LogP contribution in [0.4, 0.5) is 5.95 Å². The van der Waals surface area contributed by atoms with Crippen LogP contribution in [0.15, 0.2) is 88.3 Å². The fraction of sp³-hybridized carbons (Fsp3) is 0.172. The summed E-state index contributed by atoms with van der Waals surface area (Å²) in [5.74, 6) is 1.69. The molecule has 2 aromatic carbocycles. The summed E-state index contributed by atoms with van der Waals surface area (Å²) in [7, 11) is 1.65. The highest BCUT2D eigenvalue weighted by molar-refractivity contribution is 5.94. The molecule has 9 nitrogen and oxygen atoms in total. The molecule has 3 heterocycles. The standard InChI is InChI=1S/C29H27N5O4/c1-19-24-13-14-26(35)34(22-11-9-21(10-12-22)28(36)31-18-23-7-5-17-38-23)27(24)33-29(32-19)30-16-15-20-6-3-4-8-25(20)37-2/h3-14,17H,15-16,18H2,1-2H3,(H,31,36)(H,30,32,33). The van der Waals surface area contributed by atoms with Gasteiger partial charge in [0, 0.05) is 23.6 Å². The smallest absolute Gasteiger partial charge is 0.256 e. The van der Waals surface area contributed by atoms with Crippen molar-refractivity contribution in [3.63, 3.8) is 0 Å². The van der Waals surface area contributed by atoms with Crippen LogP contribution in [0.5, 0.6) is 5.75 Å². The number of methoxy groups -OCH3 is 1. The summed E-state index contributed by atoms with van der Waals surface area (Å²) in [6.45, 7) is 2.76. The van der Waals surface area contributed by atoms with Crippen LogP contribution in [-0.4, -0.2) is 34.1 Å². The molecular weight excluding hydrogens is 482 g/mol. The van der Waals surface area contributed by atoms with Gasteiger partial charge in [0.05, 0.1) is 31.3 Å². The third-order valence-electron chi connectivity index (χ3n) is 6.20. The molecule has 0 aliphatic rings. The molecule has 0 fully saturated rings. The van der Waals surface area contributed by atoms with Gasteiger partial charge in [-0.1, -0.05) is 18.2 Å². The zero-order valence-corrected chi connectivity index (χ0v) is 21.1. The summed E-state index contributed by atoms with van der Waals surface area (Å²) in [5.41, 5.74) is 3.15. The molecule has 0 radical (unpaired) electrons. The Morgan fingerprint density at radius 1 is 1.00 bits per heavy atom. The van der Waals surface area contributed by atoms with Crippen molar-refractivity contribution in [3.8, 4) is 11.4 Å². The molecule has 0 aliphatic carbocycles. The van der Waals surface area contributed by atoms with Crippen molar-refractivity contribution in [2.24, 2.45) is 0 Å². The molecule has 0 aliphatic heterocycles. The van der Waals surface area contributed by atoms with E-state index in [2.05, 4.69) is 20.6 Å². The first-order valence-corrected chi connectivity index (χ1v) is 12.2. The Hall–Kier alpha value is -4.92. The number of aromatic nitrogens is 3. The zero-order chi connectivity index (χ0) is 26.5. The van der Waals surface area contributed by atoms with Crippen molar-refractivity contribution in [1.29, 1.82) is 0 Å². The summed E-state index contributed by atoms with van der Waals surface area (Å²) in [6.07, 6.45) is 2.28. The van der Waals surface area contributed by atoms with Crippen LogP contribution in [0.1, 0.15) is 27.4 Å². The van der Waals surface area contributed by atoms with Gasteiger partial charge in [-0.15, -0.1) is 0 Å². The molecule has 192 valence electrons. The minimum atomic E-state index is -0.238. The summed E-state index contributed by atoms with van der Waals surface area (Å²) < 4.78 is 12.2. The molecule has 2 N–H and O–H groups in total. The summed E-state index contributed by atoms with van der Waals surface area (Å²) >= 11 is 0. The lowest BCUT2D eigenvalue weighted by Gasteiger charge is -2.14. The number of ether oxygens (including phenoxy) is 1. The van der Waals surface area contributed by atoms with E-state index in [4.69, 9.17) is 9.15 Å². The van der Waals surface area contributed by atoms with Crippen molar-refractivity contribution in [2.45, 2.75) is 19.9 Å². The highest BCUT2D eigenvalue weighted by atomic mass is 16.5. The predicted octanol–water partition coefficient (Wildman–Crippen LogP) is 4.28. The molecule has 0 unspecified atom stereocenters. The van der Waals surface area contributed by atoms with E-state index in [9.17, 15) is 9.59 Å². The van der Waals surface area contributed by atoms with E-state index in [-0.39, 0.29) is 11.5 Å². The van der Waals surface area contributed by atoms with Gasteiger partial charge in [0.1, 0.15) is 11.5 Å². The number of furan rings is 1. The number of carbonyl (C=O) groups excluding carboxylic acids is 1. The Morgan fingerprint density at radius 3 is 2.58 bits per heavy atom. The molecular formula is C29H27N5O4. The predicted molar refractivity (Wildman–Crippen MR) is 145 cm³/mol. The number of pyridine rings is 1. The van der Waals surface area contributed by atoms with E-state index < -0.39 is 0 Å². The minimum absolute atomic E-state index is 0.231. The number of nitrogens with zero attached hydrogens (tertiary/aromatic N) is 3. The van der Waals surface area contributed by atoms with E-state index >= 15 is 0 Å². The molecule has 38 heavy (non-hydrogen) atoms. The van der Waals surface area contributed by atoms with Gasteiger partial charge in [0.15, 0.2) is 5.65 Å². The molecule has 1 amide bonds. The number of anilines is 1. The van der Waals surface area contributed by atoms with Crippen LogP contribution in [0.25, 0.3) is 16.7 Å². The van der Waals surface area contributed by atoms with Crippen LogP contribution in [-0.2, 0) is 13.0 Å². The fourth-order valence-electron chi connectivity index (χ4n) is 4.26. The number of hydrogen-bond acceptors (Lipinski definition) is 7. The second-order valence-electron chi connectivity index (χ2n) is 8.67. The number of aryl methyl sites for hydroxylation is 1. The maximum absolute atomic E-state index is 13.0. The van der Waals surface area contributed by atoms with Crippen LogP contribution in [0.2, 0.25) is 0 Å². The largest absolute Gasteiger partial charge is 0.496 e. The van der Waals surface area contributed by atoms with Gasteiger partial charge in [-0.05, 0) is 67.4 Å². The first-order valence-electron chi connectivity index (χ1n) is 12.2. The number of carbonyl (C=O) groups is 1. The molecule has 5 aromatic rings. The maximum Gasteiger partial charge on any atom is 0.256 e. The van der Waals surface area contributed by atoms with Gasteiger partial charge in [-0.2, -0.15) is 4.98 Å². The van der Waals surface area contributed by atoms with Crippen molar-refractivity contribution in [2.75, 3.05) is 19.0 Å². The Bertz CT molecular complexity index is 1630. The molecule has 0 spiro atoms. The second-order valence-corrected chi connectivity index (χ2v) is 8.67. The lowest BCUT2D eigenvalue weighted by atomic mass is 10.1. The Kier molecular flexibility index (Phi) is 7.17. The molecule has 0 saturated heterocycles.